The number of β-amino-alcohol motifs (C(OH)–C–C–N with tert-alkyl or cyclic N) is 1. The lowest BCUT2D eigenvalue weighted by atomic mass is 10.0. The van der Waals surface area contributed by atoms with Gasteiger partial charge in [0.25, 0.3) is 5.91 Å². The van der Waals surface area contributed by atoms with E-state index in [2.05, 4.69) is 24.9 Å². The third kappa shape index (κ3) is 5.93. The third-order valence-electron chi connectivity index (χ3n) is 5.27. The van der Waals surface area contributed by atoms with Gasteiger partial charge >= 0.3 is 4.12 Å². The molecule has 3 aromatic rings. The number of nitrogens with zero attached hydrogens (tertiary/aromatic N) is 3. The van der Waals surface area contributed by atoms with E-state index in [1.54, 1.807) is 31.5 Å². The van der Waals surface area contributed by atoms with Gasteiger partial charge in [0.1, 0.15) is 12.1 Å². The van der Waals surface area contributed by atoms with Crippen molar-refractivity contribution in [3.05, 3.63) is 66.7 Å². The average molecular weight is 566 g/mol. The Hall–Kier alpha value is -2.86. The molecule has 172 valence electrons. The maximum atomic E-state index is 13.0. The second-order valence-electron chi connectivity index (χ2n) is 8.05. The van der Waals surface area contributed by atoms with Crippen LogP contribution in [-0.4, -0.2) is 43.8 Å². The summed E-state index contributed by atoms with van der Waals surface area (Å²) >= 11 is 0.891. The van der Waals surface area contributed by atoms with Crippen LogP contribution >= 0.6 is 22.6 Å². The van der Waals surface area contributed by atoms with Gasteiger partial charge in [-0.3, -0.25) is 4.79 Å². The van der Waals surface area contributed by atoms with Crippen molar-refractivity contribution in [2.24, 2.45) is 0 Å². The SMILES string of the molecule is CC1(O)CCN(c2ccc(C(=O)Nc3ccc(OC(F)(F)I)cc3)cc2-c2cncnc2)C1. The van der Waals surface area contributed by atoms with E-state index in [-0.39, 0.29) is 11.7 Å². The summed E-state index contributed by atoms with van der Waals surface area (Å²) in [5.41, 5.74) is 2.46. The van der Waals surface area contributed by atoms with Crippen LogP contribution in [0, 0.1) is 0 Å². The zero-order valence-electron chi connectivity index (χ0n) is 17.6. The molecular weight excluding hydrogens is 545 g/mol. The molecule has 4 rings (SSSR count). The molecule has 2 aromatic carbocycles. The number of benzene rings is 2. The van der Waals surface area contributed by atoms with Gasteiger partial charge in [-0.1, -0.05) is 0 Å². The number of rotatable bonds is 6. The van der Waals surface area contributed by atoms with E-state index in [0.29, 0.717) is 30.8 Å². The van der Waals surface area contributed by atoms with Crippen LogP contribution in [0.5, 0.6) is 5.75 Å². The van der Waals surface area contributed by atoms with Crippen molar-refractivity contribution < 1.29 is 23.4 Å². The smallest absolute Gasteiger partial charge is 0.425 e. The molecule has 1 amide bonds. The van der Waals surface area contributed by atoms with Gasteiger partial charge in [-0.05, 0) is 55.8 Å². The summed E-state index contributed by atoms with van der Waals surface area (Å²) in [5, 5.41) is 13.2. The van der Waals surface area contributed by atoms with Gasteiger partial charge in [0.2, 0.25) is 0 Å². The van der Waals surface area contributed by atoms with E-state index in [1.165, 1.54) is 30.6 Å². The zero-order chi connectivity index (χ0) is 23.6. The van der Waals surface area contributed by atoms with Gasteiger partial charge in [0.05, 0.1) is 28.2 Å². The molecule has 1 aromatic heterocycles. The molecule has 0 radical (unpaired) electrons. The highest BCUT2D eigenvalue weighted by molar-refractivity contribution is 14.1. The monoisotopic (exact) mass is 566 g/mol. The Morgan fingerprint density at radius 1 is 1.21 bits per heavy atom. The first-order valence-corrected chi connectivity index (χ1v) is 11.2. The number of carbonyl (C=O) groups excluding carboxylic acids is 1. The molecular formula is C23H21F2IN4O3. The van der Waals surface area contributed by atoms with E-state index < -0.39 is 9.72 Å². The topological polar surface area (TPSA) is 87.6 Å². The van der Waals surface area contributed by atoms with Crippen molar-refractivity contribution in [3.63, 3.8) is 0 Å². The summed E-state index contributed by atoms with van der Waals surface area (Å²) in [6.07, 6.45) is 5.41. The predicted octanol–water partition coefficient (Wildman–Crippen LogP) is 4.72. The van der Waals surface area contributed by atoms with Crippen LogP contribution in [0.3, 0.4) is 0 Å². The first-order chi connectivity index (χ1) is 15.6. The Labute approximate surface area is 203 Å². The molecule has 10 heteroatoms. The number of ether oxygens (including phenoxy) is 1. The van der Waals surface area contributed by atoms with Gasteiger partial charge in [0.15, 0.2) is 0 Å². The quantitative estimate of drug-likeness (QED) is 0.332. The fourth-order valence-corrected chi connectivity index (χ4v) is 3.97. The Morgan fingerprint density at radius 3 is 2.52 bits per heavy atom. The number of hydrogen-bond donors (Lipinski definition) is 2. The largest absolute Gasteiger partial charge is 0.451 e. The second kappa shape index (κ2) is 9.18. The maximum absolute atomic E-state index is 13.0. The molecule has 1 aliphatic heterocycles. The first-order valence-electron chi connectivity index (χ1n) is 10.1. The van der Waals surface area contributed by atoms with Crippen molar-refractivity contribution >= 4 is 39.9 Å². The summed E-state index contributed by atoms with van der Waals surface area (Å²) in [6.45, 7) is 2.96. The highest BCUT2D eigenvalue weighted by Gasteiger charge is 2.32. The van der Waals surface area contributed by atoms with Gasteiger partial charge in [-0.15, -0.1) is 0 Å². The highest BCUT2D eigenvalue weighted by Crippen LogP contribution is 2.35. The molecule has 7 nitrogen and oxygen atoms in total. The number of hydrogen-bond acceptors (Lipinski definition) is 6. The summed E-state index contributed by atoms with van der Waals surface area (Å²) in [6, 6.07) is 11.0. The van der Waals surface area contributed by atoms with Gasteiger partial charge in [-0.2, -0.15) is 8.78 Å². The Balaban J connectivity index is 1.58. The van der Waals surface area contributed by atoms with Gasteiger partial charge in [0, 0.05) is 53.5 Å². The lowest BCUT2D eigenvalue weighted by molar-refractivity contribution is -0.0691. The normalized spacial score (nSPS) is 18.3. The minimum Gasteiger partial charge on any atom is -0.425 e. The van der Waals surface area contributed by atoms with Gasteiger partial charge < -0.3 is 20.1 Å². The molecule has 1 unspecified atom stereocenters. The van der Waals surface area contributed by atoms with E-state index >= 15 is 0 Å². The summed E-state index contributed by atoms with van der Waals surface area (Å²) < 4.78 is 27.1. The zero-order valence-corrected chi connectivity index (χ0v) is 19.8. The maximum Gasteiger partial charge on any atom is 0.451 e. The highest BCUT2D eigenvalue weighted by atomic mass is 127. The molecule has 0 aliphatic carbocycles. The summed E-state index contributed by atoms with van der Waals surface area (Å²) in [4.78, 5) is 23.1. The molecule has 0 spiro atoms. The van der Waals surface area contributed by atoms with E-state index in [1.807, 2.05) is 6.07 Å². The van der Waals surface area contributed by atoms with Crippen molar-refractivity contribution in [1.82, 2.24) is 9.97 Å². The lowest BCUT2D eigenvalue weighted by Gasteiger charge is -2.24. The minimum atomic E-state index is -3.31. The molecule has 1 saturated heterocycles. The van der Waals surface area contributed by atoms with E-state index in [4.69, 9.17) is 0 Å². The van der Waals surface area contributed by atoms with Crippen LogP contribution in [0.1, 0.15) is 23.7 Å². The fraction of sp³-hybridized carbons (Fsp3) is 0.261. The summed E-state index contributed by atoms with van der Waals surface area (Å²) in [7, 11) is 0. The molecule has 1 aliphatic rings. The van der Waals surface area contributed by atoms with Crippen molar-refractivity contribution in [3.8, 4) is 16.9 Å². The van der Waals surface area contributed by atoms with Crippen LogP contribution in [-0.2, 0) is 0 Å². The Morgan fingerprint density at radius 2 is 1.91 bits per heavy atom. The molecule has 0 bridgehead atoms. The van der Waals surface area contributed by atoms with Crippen LogP contribution in [0.25, 0.3) is 11.1 Å². The fourth-order valence-electron chi connectivity index (χ4n) is 3.72. The number of aliphatic hydroxyl groups is 1. The lowest BCUT2D eigenvalue weighted by Crippen LogP contribution is -2.29. The number of anilines is 2. The summed E-state index contributed by atoms with van der Waals surface area (Å²) in [5.74, 6) is -0.370. The van der Waals surface area contributed by atoms with Crippen molar-refractivity contribution in [2.75, 3.05) is 23.3 Å². The molecule has 2 heterocycles. The molecule has 0 saturated carbocycles. The van der Waals surface area contributed by atoms with E-state index in [0.717, 1.165) is 39.4 Å². The molecule has 1 fully saturated rings. The number of aromatic nitrogens is 2. The number of nitrogens with one attached hydrogen (secondary N) is 1. The first kappa shape index (κ1) is 23.3. The number of alkyl halides is 3. The third-order valence-corrected chi connectivity index (χ3v) is 5.49. The van der Waals surface area contributed by atoms with Crippen LogP contribution in [0.2, 0.25) is 0 Å². The van der Waals surface area contributed by atoms with Crippen LogP contribution in [0.4, 0.5) is 20.2 Å². The Bertz CT molecular complexity index is 1140. The Kier molecular flexibility index (Phi) is 6.48. The molecule has 33 heavy (non-hydrogen) atoms. The van der Waals surface area contributed by atoms with Crippen molar-refractivity contribution in [2.45, 2.75) is 23.1 Å². The number of amides is 1. The average Bonchev–Trinajstić information content (AvgIpc) is 3.14. The standard InChI is InChI=1S/C23H21F2IN4O3/c1-22(32)8-9-30(13-22)20-7-2-15(10-19(20)16-11-27-14-28-12-16)21(31)29-17-3-5-18(6-4-17)33-23(24,25)26/h2-7,10-12,14,32H,8-9,13H2,1H3,(H,29,31). The molecule has 1 atom stereocenters. The molecule has 2 N–H and O–H groups in total. The van der Waals surface area contributed by atoms with Crippen LogP contribution in [0.15, 0.2) is 61.2 Å². The second-order valence-corrected chi connectivity index (χ2v) is 9.31. The van der Waals surface area contributed by atoms with Gasteiger partial charge in [-0.25, -0.2) is 9.97 Å². The van der Waals surface area contributed by atoms with E-state index in [9.17, 15) is 18.7 Å². The number of halogens is 3. The van der Waals surface area contributed by atoms with Crippen molar-refractivity contribution in [1.29, 1.82) is 0 Å². The minimum absolute atomic E-state index is 0.00962. The predicted molar refractivity (Wildman–Crippen MR) is 129 cm³/mol. The van der Waals surface area contributed by atoms with Crippen LogP contribution < -0.4 is 15.0 Å². The number of carbonyl (C=O) groups is 1.